The highest BCUT2D eigenvalue weighted by Gasteiger charge is 2.06. The Morgan fingerprint density at radius 2 is 2.00 bits per heavy atom. The summed E-state index contributed by atoms with van der Waals surface area (Å²) in [5.74, 6) is 0.692. The minimum atomic E-state index is 0.680. The van der Waals surface area contributed by atoms with Crippen molar-refractivity contribution in [2.24, 2.45) is 5.92 Å². The van der Waals surface area contributed by atoms with Crippen molar-refractivity contribution in [1.29, 1.82) is 5.26 Å². The van der Waals surface area contributed by atoms with Gasteiger partial charge in [-0.05, 0) is 25.3 Å². The molecule has 0 aromatic carbocycles. The Balaban J connectivity index is 3.65. The fourth-order valence-electron chi connectivity index (χ4n) is 1.57. The van der Waals surface area contributed by atoms with Crippen LogP contribution in [0.3, 0.4) is 0 Å². The molecule has 0 unspecified atom stereocenters. The van der Waals surface area contributed by atoms with E-state index in [0.29, 0.717) is 12.3 Å². The Hall–Kier alpha value is -0.590. The van der Waals surface area contributed by atoms with Gasteiger partial charge in [-0.1, -0.05) is 13.8 Å². The Labute approximate surface area is 94.0 Å². The fraction of sp³-hybridized carbons (Fsp3) is 0.917. The average Bonchev–Trinajstić information content (AvgIpc) is 2.19. The van der Waals surface area contributed by atoms with Crippen LogP contribution in [0.15, 0.2) is 0 Å². The molecule has 0 N–H and O–H groups in total. The van der Waals surface area contributed by atoms with Crippen molar-refractivity contribution in [2.75, 3.05) is 33.4 Å². The Morgan fingerprint density at radius 1 is 1.27 bits per heavy atom. The van der Waals surface area contributed by atoms with E-state index in [1.165, 1.54) is 0 Å². The number of ether oxygens (including phenoxy) is 1. The minimum absolute atomic E-state index is 0.680. The fourth-order valence-corrected chi connectivity index (χ4v) is 1.57. The van der Waals surface area contributed by atoms with E-state index in [-0.39, 0.29) is 0 Å². The van der Waals surface area contributed by atoms with Crippen LogP contribution in [-0.2, 0) is 4.74 Å². The normalized spacial score (nSPS) is 10.9. The molecule has 0 atom stereocenters. The van der Waals surface area contributed by atoms with Gasteiger partial charge >= 0.3 is 0 Å². The summed E-state index contributed by atoms with van der Waals surface area (Å²) in [6.45, 7) is 8.47. The van der Waals surface area contributed by atoms with Crippen LogP contribution < -0.4 is 0 Å². The second-order valence-electron chi connectivity index (χ2n) is 4.30. The highest BCUT2D eigenvalue weighted by Crippen LogP contribution is 2.02. The molecule has 0 spiro atoms. The van der Waals surface area contributed by atoms with E-state index >= 15 is 0 Å². The molecule has 0 amide bonds. The van der Waals surface area contributed by atoms with Gasteiger partial charge in [0.15, 0.2) is 0 Å². The smallest absolute Gasteiger partial charge is 0.0621 e. The highest BCUT2D eigenvalue weighted by atomic mass is 16.5. The molecule has 15 heavy (non-hydrogen) atoms. The molecule has 3 nitrogen and oxygen atoms in total. The van der Waals surface area contributed by atoms with Gasteiger partial charge in [0.1, 0.15) is 0 Å². The second-order valence-corrected chi connectivity index (χ2v) is 4.30. The van der Waals surface area contributed by atoms with Gasteiger partial charge in [-0.2, -0.15) is 5.26 Å². The third-order valence-corrected chi connectivity index (χ3v) is 2.25. The molecule has 0 aliphatic heterocycles. The maximum absolute atomic E-state index is 8.43. The standard InChI is InChI=1S/C12H24N2O/c1-12(2)11-14(9-10-15-3)8-6-4-5-7-13/h12H,4-6,8-11H2,1-3H3. The number of hydrogen-bond donors (Lipinski definition) is 0. The number of hydrogen-bond acceptors (Lipinski definition) is 3. The summed E-state index contributed by atoms with van der Waals surface area (Å²) in [4.78, 5) is 2.42. The number of rotatable bonds is 9. The SMILES string of the molecule is COCCN(CCCCC#N)CC(C)C. The maximum atomic E-state index is 8.43. The minimum Gasteiger partial charge on any atom is -0.383 e. The van der Waals surface area contributed by atoms with Crippen molar-refractivity contribution < 1.29 is 4.74 Å². The highest BCUT2D eigenvalue weighted by molar-refractivity contribution is 4.69. The lowest BCUT2D eigenvalue weighted by Crippen LogP contribution is -2.32. The van der Waals surface area contributed by atoms with Crippen LogP contribution in [0.4, 0.5) is 0 Å². The number of nitriles is 1. The summed E-state index contributed by atoms with van der Waals surface area (Å²) in [5, 5.41) is 8.43. The van der Waals surface area contributed by atoms with Crippen LogP contribution in [0, 0.1) is 17.2 Å². The first-order valence-corrected chi connectivity index (χ1v) is 5.79. The van der Waals surface area contributed by atoms with E-state index in [1.54, 1.807) is 7.11 Å². The molecule has 88 valence electrons. The van der Waals surface area contributed by atoms with Crippen molar-refractivity contribution in [3.8, 4) is 6.07 Å². The average molecular weight is 212 g/mol. The van der Waals surface area contributed by atoms with Gasteiger partial charge in [0.2, 0.25) is 0 Å². The van der Waals surface area contributed by atoms with Crippen molar-refractivity contribution in [1.82, 2.24) is 4.90 Å². The number of methoxy groups -OCH3 is 1. The third kappa shape index (κ3) is 9.71. The van der Waals surface area contributed by atoms with Crippen LogP contribution in [-0.4, -0.2) is 38.3 Å². The van der Waals surface area contributed by atoms with E-state index in [4.69, 9.17) is 10.00 Å². The molecular formula is C12H24N2O. The summed E-state index contributed by atoms with van der Waals surface area (Å²) < 4.78 is 5.09. The monoisotopic (exact) mass is 212 g/mol. The van der Waals surface area contributed by atoms with Crippen LogP contribution in [0.25, 0.3) is 0 Å². The lowest BCUT2D eigenvalue weighted by Gasteiger charge is -2.23. The molecule has 0 heterocycles. The summed E-state index contributed by atoms with van der Waals surface area (Å²) >= 11 is 0. The van der Waals surface area contributed by atoms with E-state index in [0.717, 1.165) is 39.1 Å². The molecule has 0 aromatic heterocycles. The summed E-state index contributed by atoms with van der Waals surface area (Å²) in [7, 11) is 1.74. The number of unbranched alkanes of at least 4 members (excludes halogenated alkanes) is 2. The first-order valence-electron chi connectivity index (χ1n) is 5.79. The summed E-state index contributed by atoms with van der Waals surface area (Å²) in [5.41, 5.74) is 0. The lowest BCUT2D eigenvalue weighted by molar-refractivity contribution is 0.139. The van der Waals surface area contributed by atoms with E-state index in [1.807, 2.05) is 0 Å². The molecule has 3 heteroatoms. The van der Waals surface area contributed by atoms with Crippen molar-refractivity contribution in [3.63, 3.8) is 0 Å². The topological polar surface area (TPSA) is 36.3 Å². The van der Waals surface area contributed by atoms with Gasteiger partial charge in [0, 0.05) is 26.6 Å². The van der Waals surface area contributed by atoms with Gasteiger partial charge in [-0.25, -0.2) is 0 Å². The lowest BCUT2D eigenvalue weighted by atomic mass is 10.2. The van der Waals surface area contributed by atoms with Crippen LogP contribution in [0.1, 0.15) is 33.1 Å². The predicted octanol–water partition coefficient (Wildman–Crippen LogP) is 2.28. The van der Waals surface area contributed by atoms with Crippen LogP contribution in [0.2, 0.25) is 0 Å². The van der Waals surface area contributed by atoms with Gasteiger partial charge < -0.3 is 9.64 Å². The molecule has 0 fully saturated rings. The quantitative estimate of drug-likeness (QED) is 0.550. The zero-order valence-electron chi connectivity index (χ0n) is 10.3. The van der Waals surface area contributed by atoms with Gasteiger partial charge in [-0.3, -0.25) is 0 Å². The maximum Gasteiger partial charge on any atom is 0.0621 e. The Morgan fingerprint density at radius 3 is 2.53 bits per heavy atom. The van der Waals surface area contributed by atoms with Crippen molar-refractivity contribution in [3.05, 3.63) is 0 Å². The Kier molecular flexibility index (Phi) is 9.55. The van der Waals surface area contributed by atoms with Gasteiger partial charge in [-0.15, -0.1) is 0 Å². The predicted molar refractivity (Wildman–Crippen MR) is 62.6 cm³/mol. The molecule has 0 bridgehead atoms. The molecule has 0 aliphatic rings. The summed E-state index contributed by atoms with van der Waals surface area (Å²) in [6, 6.07) is 2.18. The van der Waals surface area contributed by atoms with Crippen molar-refractivity contribution in [2.45, 2.75) is 33.1 Å². The zero-order chi connectivity index (χ0) is 11.5. The van der Waals surface area contributed by atoms with Crippen LogP contribution >= 0.6 is 0 Å². The zero-order valence-corrected chi connectivity index (χ0v) is 10.3. The van der Waals surface area contributed by atoms with Crippen LogP contribution in [0.5, 0.6) is 0 Å². The van der Waals surface area contributed by atoms with Gasteiger partial charge in [0.25, 0.3) is 0 Å². The van der Waals surface area contributed by atoms with Crippen molar-refractivity contribution >= 4 is 0 Å². The van der Waals surface area contributed by atoms with E-state index < -0.39 is 0 Å². The van der Waals surface area contributed by atoms with E-state index in [9.17, 15) is 0 Å². The van der Waals surface area contributed by atoms with Gasteiger partial charge in [0.05, 0.1) is 12.7 Å². The molecule has 0 saturated carbocycles. The molecule has 0 radical (unpaired) electrons. The largest absolute Gasteiger partial charge is 0.383 e. The molecule has 0 rings (SSSR count). The first-order chi connectivity index (χ1) is 7.20. The third-order valence-electron chi connectivity index (χ3n) is 2.25. The first kappa shape index (κ1) is 14.4. The molecular weight excluding hydrogens is 188 g/mol. The second kappa shape index (κ2) is 9.95. The summed E-state index contributed by atoms with van der Waals surface area (Å²) in [6.07, 6.45) is 2.81. The Bertz CT molecular complexity index is 175. The molecule has 0 saturated heterocycles. The van der Waals surface area contributed by atoms with E-state index in [2.05, 4.69) is 24.8 Å². The molecule has 0 aromatic rings. The number of nitrogens with zero attached hydrogens (tertiary/aromatic N) is 2. The molecule has 0 aliphatic carbocycles.